The van der Waals surface area contributed by atoms with Gasteiger partial charge in [-0.1, -0.05) is 13.3 Å². The van der Waals surface area contributed by atoms with Gasteiger partial charge in [-0.05, 0) is 33.2 Å². The fraction of sp³-hybridized carbons (Fsp3) is 0.909. The minimum absolute atomic E-state index is 0.0677. The molecule has 1 saturated heterocycles. The van der Waals surface area contributed by atoms with E-state index < -0.39 is 5.97 Å². The Morgan fingerprint density at radius 3 is 2.64 bits per heavy atom. The van der Waals surface area contributed by atoms with E-state index in [2.05, 4.69) is 25.7 Å². The Kier molecular flexibility index (Phi) is 3.53. The molecule has 0 bridgehead atoms. The minimum Gasteiger partial charge on any atom is -0.481 e. The molecule has 0 aliphatic carbocycles. The summed E-state index contributed by atoms with van der Waals surface area (Å²) in [5, 5.41) is 8.96. The number of nitrogens with zero attached hydrogens (tertiary/aromatic N) is 1. The lowest BCUT2D eigenvalue weighted by Crippen LogP contribution is -2.38. The highest BCUT2D eigenvalue weighted by molar-refractivity contribution is 5.70. The van der Waals surface area contributed by atoms with Crippen LogP contribution in [0.1, 0.15) is 40.0 Å². The molecule has 0 saturated carbocycles. The monoisotopic (exact) mass is 199 g/mol. The third-order valence-electron chi connectivity index (χ3n) is 3.17. The second kappa shape index (κ2) is 4.30. The molecule has 1 aliphatic rings. The summed E-state index contributed by atoms with van der Waals surface area (Å²) in [7, 11) is 0. The van der Waals surface area contributed by atoms with Gasteiger partial charge in [0.05, 0.1) is 5.92 Å². The summed E-state index contributed by atoms with van der Waals surface area (Å²) in [6, 6.07) is 0. The molecule has 1 unspecified atom stereocenters. The Labute approximate surface area is 86.1 Å². The Bertz CT molecular complexity index is 213. The van der Waals surface area contributed by atoms with Crippen LogP contribution in [0.2, 0.25) is 0 Å². The zero-order valence-corrected chi connectivity index (χ0v) is 9.42. The molecule has 1 heterocycles. The van der Waals surface area contributed by atoms with Gasteiger partial charge in [-0.3, -0.25) is 9.69 Å². The minimum atomic E-state index is -0.642. The van der Waals surface area contributed by atoms with Crippen molar-refractivity contribution in [2.75, 3.05) is 13.1 Å². The van der Waals surface area contributed by atoms with E-state index in [1.165, 1.54) is 6.42 Å². The molecule has 3 nitrogen and oxygen atoms in total. The van der Waals surface area contributed by atoms with E-state index >= 15 is 0 Å². The van der Waals surface area contributed by atoms with Crippen LogP contribution in [-0.4, -0.2) is 34.6 Å². The molecule has 0 aromatic rings. The Morgan fingerprint density at radius 2 is 2.21 bits per heavy atom. The van der Waals surface area contributed by atoms with E-state index in [0.717, 1.165) is 25.9 Å². The number of carboxylic acid groups (broad SMARTS) is 1. The van der Waals surface area contributed by atoms with E-state index in [0.29, 0.717) is 0 Å². The molecule has 3 heteroatoms. The van der Waals surface area contributed by atoms with E-state index in [1.807, 2.05) is 0 Å². The van der Waals surface area contributed by atoms with Gasteiger partial charge in [-0.25, -0.2) is 0 Å². The first-order valence-electron chi connectivity index (χ1n) is 5.45. The predicted molar refractivity (Wildman–Crippen MR) is 56.3 cm³/mol. The van der Waals surface area contributed by atoms with E-state index in [9.17, 15) is 4.79 Å². The molecule has 0 aromatic carbocycles. The number of aliphatic carboxylic acids is 1. The zero-order chi connectivity index (χ0) is 10.8. The highest BCUT2D eigenvalue weighted by Crippen LogP contribution is 2.32. The van der Waals surface area contributed by atoms with Crippen LogP contribution in [0.15, 0.2) is 0 Å². The molecule has 1 N–H and O–H groups in total. The van der Waals surface area contributed by atoms with Crippen molar-refractivity contribution >= 4 is 5.97 Å². The standard InChI is InChI=1S/C11H21NO2/c1-4-5-6-12-8-9(10(13)14)7-11(12,2)3/h9H,4-8H2,1-3H3,(H,13,14). The highest BCUT2D eigenvalue weighted by atomic mass is 16.4. The normalized spacial score (nSPS) is 26.6. The predicted octanol–water partition coefficient (Wildman–Crippen LogP) is 1.97. The fourth-order valence-corrected chi connectivity index (χ4v) is 2.22. The van der Waals surface area contributed by atoms with E-state index in [1.54, 1.807) is 0 Å². The SMILES string of the molecule is CCCCN1CC(C(=O)O)CC1(C)C. The van der Waals surface area contributed by atoms with Gasteiger partial charge in [0.25, 0.3) is 0 Å². The fourth-order valence-electron chi connectivity index (χ4n) is 2.22. The Balaban J connectivity index is 2.55. The average Bonchev–Trinajstić information content (AvgIpc) is 2.38. The van der Waals surface area contributed by atoms with Crippen LogP contribution in [0.4, 0.5) is 0 Å². The molecule has 0 spiro atoms. The molecule has 0 radical (unpaired) electrons. The van der Waals surface area contributed by atoms with Crippen molar-refractivity contribution in [2.45, 2.75) is 45.6 Å². The highest BCUT2D eigenvalue weighted by Gasteiger charge is 2.40. The number of hydrogen-bond donors (Lipinski definition) is 1. The van der Waals surface area contributed by atoms with Crippen LogP contribution in [-0.2, 0) is 4.79 Å². The summed E-state index contributed by atoms with van der Waals surface area (Å²) in [4.78, 5) is 13.2. The number of likely N-dealkylation sites (tertiary alicyclic amines) is 1. The van der Waals surface area contributed by atoms with Crippen molar-refractivity contribution in [3.8, 4) is 0 Å². The summed E-state index contributed by atoms with van der Waals surface area (Å²) in [5.41, 5.74) is 0.0677. The van der Waals surface area contributed by atoms with E-state index in [4.69, 9.17) is 5.11 Å². The van der Waals surface area contributed by atoms with Crippen molar-refractivity contribution in [1.82, 2.24) is 4.90 Å². The third-order valence-corrected chi connectivity index (χ3v) is 3.17. The van der Waals surface area contributed by atoms with Gasteiger partial charge in [-0.2, -0.15) is 0 Å². The average molecular weight is 199 g/mol. The van der Waals surface area contributed by atoms with Crippen molar-refractivity contribution in [1.29, 1.82) is 0 Å². The maximum Gasteiger partial charge on any atom is 0.307 e. The lowest BCUT2D eigenvalue weighted by molar-refractivity contribution is -0.141. The quantitative estimate of drug-likeness (QED) is 0.752. The van der Waals surface area contributed by atoms with Gasteiger partial charge < -0.3 is 5.11 Å². The van der Waals surface area contributed by atoms with Crippen LogP contribution in [0.5, 0.6) is 0 Å². The Morgan fingerprint density at radius 1 is 1.57 bits per heavy atom. The largest absolute Gasteiger partial charge is 0.481 e. The molecular weight excluding hydrogens is 178 g/mol. The van der Waals surface area contributed by atoms with Crippen LogP contribution in [0.3, 0.4) is 0 Å². The summed E-state index contributed by atoms with van der Waals surface area (Å²) < 4.78 is 0. The van der Waals surface area contributed by atoms with Crippen LogP contribution in [0.25, 0.3) is 0 Å². The number of rotatable bonds is 4. The second-order valence-corrected chi connectivity index (χ2v) is 4.85. The summed E-state index contributed by atoms with van der Waals surface area (Å²) in [6.07, 6.45) is 3.12. The van der Waals surface area contributed by atoms with Gasteiger partial charge >= 0.3 is 5.97 Å². The lowest BCUT2D eigenvalue weighted by Gasteiger charge is -2.31. The summed E-state index contributed by atoms with van der Waals surface area (Å²) in [5.74, 6) is -0.807. The molecule has 1 aliphatic heterocycles. The number of carbonyl (C=O) groups is 1. The molecular formula is C11H21NO2. The van der Waals surface area contributed by atoms with Gasteiger partial charge in [0.1, 0.15) is 0 Å². The van der Waals surface area contributed by atoms with Crippen molar-refractivity contribution in [3.05, 3.63) is 0 Å². The van der Waals surface area contributed by atoms with Crippen molar-refractivity contribution < 1.29 is 9.90 Å². The maximum absolute atomic E-state index is 10.9. The van der Waals surface area contributed by atoms with Crippen molar-refractivity contribution in [2.24, 2.45) is 5.92 Å². The van der Waals surface area contributed by atoms with Crippen LogP contribution >= 0.6 is 0 Å². The number of carboxylic acids is 1. The second-order valence-electron chi connectivity index (χ2n) is 4.85. The third kappa shape index (κ3) is 2.47. The lowest BCUT2D eigenvalue weighted by atomic mass is 9.96. The first kappa shape index (κ1) is 11.5. The first-order chi connectivity index (χ1) is 6.47. The molecule has 14 heavy (non-hydrogen) atoms. The Hall–Kier alpha value is -0.570. The molecule has 1 atom stereocenters. The summed E-state index contributed by atoms with van der Waals surface area (Å²) in [6.45, 7) is 8.21. The number of hydrogen-bond acceptors (Lipinski definition) is 2. The topological polar surface area (TPSA) is 40.5 Å². The van der Waals surface area contributed by atoms with Crippen LogP contribution in [0, 0.1) is 5.92 Å². The number of unbranched alkanes of at least 4 members (excludes halogenated alkanes) is 1. The van der Waals surface area contributed by atoms with Crippen LogP contribution < -0.4 is 0 Å². The summed E-state index contributed by atoms with van der Waals surface area (Å²) >= 11 is 0. The first-order valence-corrected chi connectivity index (χ1v) is 5.45. The van der Waals surface area contributed by atoms with Gasteiger partial charge in [-0.15, -0.1) is 0 Å². The van der Waals surface area contributed by atoms with Gasteiger partial charge in [0.2, 0.25) is 0 Å². The van der Waals surface area contributed by atoms with Crippen molar-refractivity contribution in [3.63, 3.8) is 0 Å². The van der Waals surface area contributed by atoms with Gasteiger partial charge in [0, 0.05) is 12.1 Å². The zero-order valence-electron chi connectivity index (χ0n) is 9.42. The van der Waals surface area contributed by atoms with Gasteiger partial charge in [0.15, 0.2) is 0 Å². The molecule has 0 aromatic heterocycles. The maximum atomic E-state index is 10.9. The smallest absolute Gasteiger partial charge is 0.307 e. The molecule has 1 fully saturated rings. The molecule has 0 amide bonds. The molecule has 82 valence electrons. The van der Waals surface area contributed by atoms with E-state index in [-0.39, 0.29) is 11.5 Å². The molecule has 1 rings (SSSR count).